The molecule has 1 atom stereocenters. The number of aryl methyl sites for hydroxylation is 1. The van der Waals surface area contributed by atoms with Gasteiger partial charge in [-0.2, -0.15) is 0 Å². The van der Waals surface area contributed by atoms with Crippen molar-refractivity contribution in [3.63, 3.8) is 0 Å². The molecule has 1 rings (SSSR count). The number of nitrogens with one attached hydrogen (secondary N) is 1. The average molecular weight is 311 g/mol. The Morgan fingerprint density at radius 2 is 1.76 bits per heavy atom. The van der Waals surface area contributed by atoms with Gasteiger partial charge in [-0.3, -0.25) is 4.79 Å². The largest absolute Gasteiger partial charge is 0.355 e. The van der Waals surface area contributed by atoms with Crippen molar-refractivity contribution in [2.24, 2.45) is 5.92 Å². The molecule has 0 spiro atoms. The summed E-state index contributed by atoms with van der Waals surface area (Å²) in [6, 6.07) is 8.21. The van der Waals surface area contributed by atoms with Crippen molar-refractivity contribution in [1.82, 2.24) is 5.32 Å². The summed E-state index contributed by atoms with van der Waals surface area (Å²) in [4.78, 5) is 12.0. The smallest absolute Gasteiger partial charge is 0.220 e. The van der Waals surface area contributed by atoms with Gasteiger partial charge in [-0.05, 0) is 24.3 Å². The third-order valence-corrected chi connectivity index (χ3v) is 4.46. The molecule has 0 saturated heterocycles. The number of sulfone groups is 1. The van der Waals surface area contributed by atoms with Gasteiger partial charge in [0.2, 0.25) is 5.91 Å². The molecule has 0 aliphatic rings. The lowest BCUT2D eigenvalue weighted by Gasteiger charge is -2.21. The summed E-state index contributed by atoms with van der Waals surface area (Å²) >= 11 is 0. The molecule has 4 nitrogen and oxygen atoms in total. The molecule has 0 radical (unpaired) electrons. The Morgan fingerprint density at radius 3 is 2.24 bits per heavy atom. The van der Waals surface area contributed by atoms with Crippen molar-refractivity contribution in [1.29, 1.82) is 0 Å². The van der Waals surface area contributed by atoms with E-state index in [1.54, 1.807) is 0 Å². The minimum absolute atomic E-state index is 0.0182. The summed E-state index contributed by atoms with van der Waals surface area (Å²) in [6.07, 6.45) is 1.55. The number of rotatable bonds is 7. The normalized spacial score (nSPS) is 13.2. The highest BCUT2D eigenvalue weighted by Crippen LogP contribution is 2.28. The fourth-order valence-electron chi connectivity index (χ4n) is 2.20. The lowest BCUT2D eigenvalue weighted by atomic mass is 9.85. The summed E-state index contributed by atoms with van der Waals surface area (Å²) in [6.45, 7) is 6.39. The molecule has 0 saturated carbocycles. The van der Waals surface area contributed by atoms with Crippen LogP contribution in [0.2, 0.25) is 0 Å². The molecule has 1 N–H and O–H groups in total. The highest BCUT2D eigenvalue weighted by Gasteiger charge is 2.19. The molecule has 0 aromatic heterocycles. The van der Waals surface area contributed by atoms with Crippen LogP contribution in [-0.2, 0) is 14.6 Å². The number of hydrogen-bond acceptors (Lipinski definition) is 3. The lowest BCUT2D eigenvalue weighted by molar-refractivity contribution is -0.121. The van der Waals surface area contributed by atoms with Crippen molar-refractivity contribution < 1.29 is 13.2 Å². The Bertz CT molecular complexity index is 562. The van der Waals surface area contributed by atoms with Crippen LogP contribution < -0.4 is 5.32 Å². The molecule has 1 unspecified atom stereocenters. The molecule has 1 aromatic rings. The van der Waals surface area contributed by atoms with E-state index in [1.807, 2.05) is 19.1 Å². The summed E-state index contributed by atoms with van der Waals surface area (Å²) in [7, 11) is -3.04. The molecule has 0 bridgehead atoms. The maximum atomic E-state index is 12.0. The summed E-state index contributed by atoms with van der Waals surface area (Å²) in [5.41, 5.74) is 2.34. The molecule has 0 aliphatic carbocycles. The van der Waals surface area contributed by atoms with E-state index in [2.05, 4.69) is 31.3 Å². The Kier molecular flexibility index (Phi) is 6.40. The van der Waals surface area contributed by atoms with E-state index in [0.29, 0.717) is 12.3 Å². The predicted octanol–water partition coefficient (Wildman–Crippen LogP) is 2.29. The fraction of sp³-hybridized carbons (Fsp3) is 0.562. The van der Waals surface area contributed by atoms with Gasteiger partial charge in [0.25, 0.3) is 0 Å². The van der Waals surface area contributed by atoms with Crippen LogP contribution in [0.15, 0.2) is 24.3 Å². The maximum absolute atomic E-state index is 12.0. The van der Waals surface area contributed by atoms with Crippen LogP contribution in [0.25, 0.3) is 0 Å². The van der Waals surface area contributed by atoms with Gasteiger partial charge in [0.15, 0.2) is 0 Å². The van der Waals surface area contributed by atoms with Gasteiger partial charge in [0, 0.05) is 19.2 Å². The molecule has 0 fully saturated rings. The third kappa shape index (κ3) is 6.76. The van der Waals surface area contributed by atoms with E-state index in [0.717, 1.165) is 5.56 Å². The standard InChI is InChI=1S/C16H25NO3S/c1-12(2)15(14-7-5-13(3)6-8-14)11-16(18)17-9-10-21(4,19)20/h5-8,12,15H,9-11H2,1-4H3,(H,17,18). The SMILES string of the molecule is Cc1ccc(C(CC(=O)NCCS(C)(=O)=O)C(C)C)cc1. The summed E-state index contributed by atoms with van der Waals surface area (Å²) < 4.78 is 22.1. The minimum atomic E-state index is -3.04. The Hall–Kier alpha value is -1.36. The fourth-order valence-corrected chi connectivity index (χ4v) is 2.67. The second-order valence-corrected chi connectivity index (χ2v) is 8.20. The van der Waals surface area contributed by atoms with E-state index in [4.69, 9.17) is 0 Å². The molecule has 1 amide bonds. The van der Waals surface area contributed by atoms with Gasteiger partial charge >= 0.3 is 0 Å². The Balaban J connectivity index is 2.62. The highest BCUT2D eigenvalue weighted by molar-refractivity contribution is 7.90. The summed E-state index contributed by atoms with van der Waals surface area (Å²) in [5, 5.41) is 2.69. The molecule has 21 heavy (non-hydrogen) atoms. The van der Waals surface area contributed by atoms with E-state index in [-0.39, 0.29) is 24.1 Å². The van der Waals surface area contributed by atoms with Crippen LogP contribution in [-0.4, -0.2) is 32.9 Å². The van der Waals surface area contributed by atoms with Crippen molar-refractivity contribution in [3.05, 3.63) is 35.4 Å². The third-order valence-electron chi connectivity index (χ3n) is 3.51. The number of amides is 1. The molecular weight excluding hydrogens is 286 g/mol. The van der Waals surface area contributed by atoms with Crippen LogP contribution >= 0.6 is 0 Å². The monoisotopic (exact) mass is 311 g/mol. The van der Waals surface area contributed by atoms with Gasteiger partial charge < -0.3 is 5.32 Å². The zero-order valence-electron chi connectivity index (χ0n) is 13.2. The number of hydrogen-bond donors (Lipinski definition) is 1. The van der Waals surface area contributed by atoms with Crippen molar-refractivity contribution in [3.8, 4) is 0 Å². The van der Waals surface area contributed by atoms with E-state index < -0.39 is 9.84 Å². The van der Waals surface area contributed by atoms with Crippen molar-refractivity contribution in [2.45, 2.75) is 33.1 Å². The van der Waals surface area contributed by atoms with Gasteiger partial charge in [-0.15, -0.1) is 0 Å². The summed E-state index contributed by atoms with van der Waals surface area (Å²) in [5.74, 6) is 0.366. The first-order chi connectivity index (χ1) is 9.69. The lowest BCUT2D eigenvalue weighted by Crippen LogP contribution is -2.30. The Labute approximate surface area is 127 Å². The first-order valence-electron chi connectivity index (χ1n) is 7.20. The van der Waals surface area contributed by atoms with E-state index >= 15 is 0 Å². The average Bonchev–Trinajstić information content (AvgIpc) is 2.35. The molecule has 0 aliphatic heterocycles. The van der Waals surface area contributed by atoms with Crippen LogP contribution in [0.5, 0.6) is 0 Å². The minimum Gasteiger partial charge on any atom is -0.355 e. The van der Waals surface area contributed by atoms with Gasteiger partial charge in [0.1, 0.15) is 9.84 Å². The van der Waals surface area contributed by atoms with Gasteiger partial charge in [0.05, 0.1) is 5.75 Å². The molecular formula is C16H25NO3S. The van der Waals surface area contributed by atoms with Crippen molar-refractivity contribution in [2.75, 3.05) is 18.6 Å². The van der Waals surface area contributed by atoms with E-state index in [9.17, 15) is 13.2 Å². The van der Waals surface area contributed by atoms with Crippen LogP contribution in [0.1, 0.15) is 37.3 Å². The molecule has 5 heteroatoms. The van der Waals surface area contributed by atoms with Crippen LogP contribution in [0.3, 0.4) is 0 Å². The first kappa shape index (κ1) is 17.7. The van der Waals surface area contributed by atoms with Crippen LogP contribution in [0.4, 0.5) is 0 Å². The number of benzene rings is 1. The van der Waals surface area contributed by atoms with Gasteiger partial charge in [-0.1, -0.05) is 43.7 Å². The maximum Gasteiger partial charge on any atom is 0.220 e. The molecule has 118 valence electrons. The number of carbonyl (C=O) groups excluding carboxylic acids is 1. The highest BCUT2D eigenvalue weighted by atomic mass is 32.2. The zero-order valence-corrected chi connectivity index (χ0v) is 14.0. The quantitative estimate of drug-likeness (QED) is 0.840. The van der Waals surface area contributed by atoms with Crippen LogP contribution in [0, 0.1) is 12.8 Å². The first-order valence-corrected chi connectivity index (χ1v) is 9.26. The second kappa shape index (κ2) is 7.59. The predicted molar refractivity (Wildman–Crippen MR) is 86.1 cm³/mol. The number of carbonyl (C=O) groups is 1. The topological polar surface area (TPSA) is 63.2 Å². The molecule has 0 heterocycles. The van der Waals surface area contributed by atoms with E-state index in [1.165, 1.54) is 11.8 Å². The zero-order chi connectivity index (χ0) is 16.0. The molecule has 1 aromatic carbocycles. The Morgan fingerprint density at radius 1 is 1.19 bits per heavy atom. The van der Waals surface area contributed by atoms with Gasteiger partial charge in [-0.25, -0.2) is 8.42 Å². The van der Waals surface area contributed by atoms with Crippen molar-refractivity contribution >= 4 is 15.7 Å². The second-order valence-electron chi connectivity index (χ2n) is 5.95.